The Morgan fingerprint density at radius 3 is 2.45 bits per heavy atom. The van der Waals surface area contributed by atoms with Gasteiger partial charge in [0.05, 0.1) is 25.2 Å². The molecule has 29 heavy (non-hydrogen) atoms. The lowest BCUT2D eigenvalue weighted by atomic mass is 10.1. The summed E-state index contributed by atoms with van der Waals surface area (Å²) in [6.45, 7) is 5.81. The second-order valence-corrected chi connectivity index (χ2v) is 6.80. The Bertz CT molecular complexity index is 1150. The maximum atomic E-state index is 13.2. The Labute approximate surface area is 167 Å². The lowest BCUT2D eigenvalue weighted by Gasteiger charge is -2.13. The van der Waals surface area contributed by atoms with Crippen LogP contribution < -0.4 is 4.74 Å². The third-order valence-electron chi connectivity index (χ3n) is 4.77. The minimum atomic E-state index is -0.263. The summed E-state index contributed by atoms with van der Waals surface area (Å²) in [6, 6.07) is 10.1. The maximum Gasteiger partial charge on any atom is 0.238 e. The van der Waals surface area contributed by atoms with Gasteiger partial charge < -0.3 is 9.30 Å². The summed E-state index contributed by atoms with van der Waals surface area (Å²) in [4.78, 5) is 13.4. The van der Waals surface area contributed by atoms with Crippen LogP contribution in [0.4, 0.5) is 4.39 Å². The predicted octanol–water partition coefficient (Wildman–Crippen LogP) is 3.90. The van der Waals surface area contributed by atoms with Gasteiger partial charge in [-0.05, 0) is 50.6 Å². The van der Waals surface area contributed by atoms with Crippen LogP contribution in [0.25, 0.3) is 17.2 Å². The molecule has 0 aliphatic heterocycles. The summed E-state index contributed by atoms with van der Waals surface area (Å²) in [7, 11) is 1.58. The van der Waals surface area contributed by atoms with Crippen LogP contribution in [0.3, 0.4) is 0 Å². The van der Waals surface area contributed by atoms with Gasteiger partial charge in [-0.25, -0.2) is 24.0 Å². The van der Waals surface area contributed by atoms with Gasteiger partial charge in [0, 0.05) is 6.20 Å². The fraction of sp³-hybridized carbons (Fsp3) is 0.238. The summed E-state index contributed by atoms with van der Waals surface area (Å²) in [5, 5.41) is 4.64. The number of aromatic nitrogens is 6. The van der Waals surface area contributed by atoms with Crippen molar-refractivity contribution in [2.75, 3.05) is 7.11 Å². The van der Waals surface area contributed by atoms with Crippen LogP contribution in [0.2, 0.25) is 0 Å². The fourth-order valence-electron chi connectivity index (χ4n) is 3.22. The van der Waals surface area contributed by atoms with Crippen molar-refractivity contribution >= 4 is 0 Å². The quantitative estimate of drug-likeness (QED) is 0.515. The van der Waals surface area contributed by atoms with Crippen molar-refractivity contribution in [1.29, 1.82) is 0 Å². The van der Waals surface area contributed by atoms with Gasteiger partial charge >= 0.3 is 0 Å². The molecule has 0 N–H and O–H groups in total. The van der Waals surface area contributed by atoms with Crippen LogP contribution in [0.1, 0.15) is 30.0 Å². The smallest absolute Gasteiger partial charge is 0.238 e. The van der Waals surface area contributed by atoms with Crippen LogP contribution in [-0.2, 0) is 0 Å². The van der Waals surface area contributed by atoms with E-state index < -0.39 is 0 Å². The summed E-state index contributed by atoms with van der Waals surface area (Å²) in [6.07, 6.45) is 3.62. The molecule has 0 saturated heterocycles. The SMILES string of the molecule is COc1nc(-c2nc(C)n(C(C)c3ccc(F)cc3)n2)ccc1-n1cnc(C)c1. The number of hydrogen-bond donors (Lipinski definition) is 0. The molecule has 0 aliphatic carbocycles. The number of imidazole rings is 1. The number of benzene rings is 1. The molecule has 0 spiro atoms. The largest absolute Gasteiger partial charge is 0.479 e. The zero-order valence-electron chi connectivity index (χ0n) is 16.7. The molecule has 3 aromatic heterocycles. The van der Waals surface area contributed by atoms with Gasteiger partial charge in [0.2, 0.25) is 5.88 Å². The Morgan fingerprint density at radius 2 is 1.79 bits per heavy atom. The standard InChI is InChI=1S/C21H21FN6O/c1-13-11-27(12-23-13)19-10-9-18(25-21(19)29-4)20-24-15(3)28(26-20)14(2)16-5-7-17(22)8-6-16/h5-12,14H,1-4H3. The summed E-state index contributed by atoms with van der Waals surface area (Å²) >= 11 is 0. The number of methoxy groups -OCH3 is 1. The third kappa shape index (κ3) is 3.61. The Balaban J connectivity index is 1.69. The first kappa shape index (κ1) is 18.8. The van der Waals surface area contributed by atoms with Gasteiger partial charge in [0.1, 0.15) is 23.0 Å². The van der Waals surface area contributed by atoms with Gasteiger partial charge in [0.15, 0.2) is 5.82 Å². The molecule has 1 atom stereocenters. The van der Waals surface area contributed by atoms with Gasteiger partial charge in [-0.15, -0.1) is 5.10 Å². The molecule has 7 nitrogen and oxygen atoms in total. The number of ether oxygens (including phenoxy) is 1. The van der Waals surface area contributed by atoms with Crippen LogP contribution in [0.5, 0.6) is 5.88 Å². The highest BCUT2D eigenvalue weighted by Gasteiger charge is 2.18. The molecule has 1 aromatic carbocycles. The molecule has 0 fully saturated rings. The number of halogens is 1. The van der Waals surface area contributed by atoms with Crippen molar-refractivity contribution in [1.82, 2.24) is 29.3 Å². The molecule has 0 aliphatic rings. The zero-order chi connectivity index (χ0) is 20.5. The highest BCUT2D eigenvalue weighted by Crippen LogP contribution is 2.26. The number of rotatable bonds is 5. The van der Waals surface area contributed by atoms with Gasteiger partial charge in [0.25, 0.3) is 0 Å². The molecular weight excluding hydrogens is 371 g/mol. The van der Waals surface area contributed by atoms with Crippen LogP contribution in [-0.4, -0.2) is 36.4 Å². The van der Waals surface area contributed by atoms with Crippen LogP contribution >= 0.6 is 0 Å². The molecule has 0 saturated carbocycles. The van der Waals surface area contributed by atoms with Crippen molar-refractivity contribution in [3.8, 4) is 23.1 Å². The highest BCUT2D eigenvalue weighted by atomic mass is 19.1. The number of nitrogens with zero attached hydrogens (tertiary/aromatic N) is 6. The van der Waals surface area contributed by atoms with E-state index in [-0.39, 0.29) is 11.9 Å². The van der Waals surface area contributed by atoms with Crippen molar-refractivity contribution in [2.24, 2.45) is 0 Å². The monoisotopic (exact) mass is 392 g/mol. The third-order valence-corrected chi connectivity index (χ3v) is 4.77. The highest BCUT2D eigenvalue weighted by molar-refractivity contribution is 5.55. The Hall–Kier alpha value is -3.55. The lowest BCUT2D eigenvalue weighted by molar-refractivity contribution is 0.396. The van der Waals surface area contributed by atoms with E-state index in [0.29, 0.717) is 17.4 Å². The normalized spacial score (nSPS) is 12.2. The molecule has 4 aromatic rings. The van der Waals surface area contributed by atoms with Crippen molar-refractivity contribution < 1.29 is 9.13 Å². The average Bonchev–Trinajstić information content (AvgIpc) is 3.33. The second kappa shape index (κ2) is 7.46. The second-order valence-electron chi connectivity index (χ2n) is 6.80. The minimum absolute atomic E-state index is 0.0908. The Kier molecular flexibility index (Phi) is 4.84. The van der Waals surface area contributed by atoms with Crippen LogP contribution in [0.15, 0.2) is 48.9 Å². The minimum Gasteiger partial charge on any atom is -0.479 e. The fourth-order valence-corrected chi connectivity index (χ4v) is 3.22. The van der Waals surface area contributed by atoms with Crippen molar-refractivity contribution in [3.05, 3.63) is 71.8 Å². The Morgan fingerprint density at radius 1 is 1.03 bits per heavy atom. The lowest BCUT2D eigenvalue weighted by Crippen LogP contribution is -2.10. The molecule has 8 heteroatoms. The van der Waals surface area contributed by atoms with Crippen molar-refractivity contribution in [2.45, 2.75) is 26.8 Å². The predicted molar refractivity (Wildman–Crippen MR) is 107 cm³/mol. The maximum absolute atomic E-state index is 13.2. The van der Waals surface area contributed by atoms with E-state index in [9.17, 15) is 4.39 Å². The van der Waals surface area contributed by atoms with E-state index in [4.69, 9.17) is 4.74 Å². The number of aryl methyl sites for hydroxylation is 2. The van der Waals surface area contributed by atoms with E-state index in [2.05, 4.69) is 20.1 Å². The van der Waals surface area contributed by atoms with Gasteiger partial charge in [-0.2, -0.15) is 0 Å². The molecule has 148 valence electrons. The first-order chi connectivity index (χ1) is 14.0. The molecule has 4 rings (SSSR count). The van der Waals surface area contributed by atoms with Crippen LogP contribution in [0, 0.1) is 19.7 Å². The van der Waals surface area contributed by atoms with E-state index in [1.165, 1.54) is 12.1 Å². The molecule has 1 unspecified atom stereocenters. The molecular formula is C21H21FN6O. The molecule has 0 bridgehead atoms. The first-order valence-electron chi connectivity index (χ1n) is 9.21. The number of pyridine rings is 1. The zero-order valence-corrected chi connectivity index (χ0v) is 16.7. The van der Waals surface area contributed by atoms with E-state index in [1.54, 1.807) is 25.6 Å². The summed E-state index contributed by atoms with van der Waals surface area (Å²) in [5.41, 5.74) is 3.24. The van der Waals surface area contributed by atoms with Gasteiger partial charge in [-0.1, -0.05) is 12.1 Å². The topological polar surface area (TPSA) is 70.7 Å². The van der Waals surface area contributed by atoms with E-state index >= 15 is 0 Å². The van der Waals surface area contributed by atoms with Crippen molar-refractivity contribution in [3.63, 3.8) is 0 Å². The average molecular weight is 392 g/mol. The number of hydrogen-bond acceptors (Lipinski definition) is 5. The summed E-state index contributed by atoms with van der Waals surface area (Å²) in [5.74, 6) is 1.44. The summed E-state index contributed by atoms with van der Waals surface area (Å²) < 4.78 is 22.4. The molecule has 0 radical (unpaired) electrons. The van der Waals surface area contributed by atoms with E-state index in [1.807, 2.05) is 48.3 Å². The van der Waals surface area contributed by atoms with Gasteiger partial charge in [-0.3, -0.25) is 0 Å². The molecule has 0 amide bonds. The first-order valence-corrected chi connectivity index (χ1v) is 9.21. The molecule has 3 heterocycles. The van der Waals surface area contributed by atoms with E-state index in [0.717, 1.165) is 22.8 Å².